The average molecular weight is 937 g/mol. The number of nitrogens with one attached hydrogen (secondary N) is 3. The van der Waals surface area contributed by atoms with Crippen molar-refractivity contribution >= 4 is 46.6 Å². The zero-order valence-corrected chi connectivity index (χ0v) is 38.6. The van der Waals surface area contributed by atoms with Gasteiger partial charge in [-0.05, 0) is 49.9 Å². The van der Waals surface area contributed by atoms with E-state index in [2.05, 4.69) is 22.5 Å². The van der Waals surface area contributed by atoms with E-state index in [0.717, 1.165) is 18.2 Å². The molecule has 3 aromatic carbocycles. The summed E-state index contributed by atoms with van der Waals surface area (Å²) in [5.74, 6) is -6.80. The number of rotatable bonds is 17. The van der Waals surface area contributed by atoms with Crippen molar-refractivity contribution in [2.75, 3.05) is 25.5 Å². The number of ether oxygens (including phenoxy) is 2. The maximum atomic E-state index is 15.6. The van der Waals surface area contributed by atoms with Crippen LogP contribution in [0.1, 0.15) is 58.6 Å². The van der Waals surface area contributed by atoms with Gasteiger partial charge in [0.25, 0.3) is 5.92 Å². The number of hydrogen-bond donors (Lipinski definition) is 4. The lowest BCUT2D eigenvalue weighted by molar-refractivity contribution is -0.143. The van der Waals surface area contributed by atoms with Crippen LogP contribution >= 0.6 is 18.7 Å². The van der Waals surface area contributed by atoms with Crippen molar-refractivity contribution in [2.24, 2.45) is 11.3 Å². The molecule has 0 bridgehead atoms. The second-order valence-electron chi connectivity index (χ2n) is 18.0. The molecule has 2 fully saturated rings. The van der Waals surface area contributed by atoms with Crippen LogP contribution in [-0.2, 0) is 26.2 Å². The minimum absolute atomic E-state index is 0.0618. The number of carbonyl (C=O) groups is 2. The van der Waals surface area contributed by atoms with E-state index >= 15 is 8.78 Å². The molecule has 0 radical (unpaired) electrons. The first-order chi connectivity index (χ1) is 30.7. The topological polar surface area (TPSA) is 155 Å². The molecule has 346 valence electrons. The summed E-state index contributed by atoms with van der Waals surface area (Å²) in [4.78, 5) is 52.1. The summed E-state index contributed by atoms with van der Waals surface area (Å²) >= 11 is 1.40. The first-order valence-corrected chi connectivity index (χ1v) is 23.9. The molecule has 1 aliphatic heterocycles. The Balaban J connectivity index is 1.24. The van der Waals surface area contributed by atoms with Crippen LogP contribution in [0.15, 0.2) is 90.8 Å². The highest BCUT2D eigenvalue weighted by Gasteiger charge is 2.66. The maximum absolute atomic E-state index is 15.6. The Hall–Kier alpha value is -5.35. The number of thiazole rings is 1. The molecule has 65 heavy (non-hydrogen) atoms. The standard InChI is InChI=1S/C47H53F4N6O6PS/c1-8-28-22-47(28,64(60,61)24-33-34(48)15-12-16-35(33)49)56-42(58)39-20-31(23-57(39)43(59)41(45(4,5)6)52-26-46(50,51)29-13-10-9-11-14-29)63-40-21-37(38-25-65-44(55-38)53-27(2)3)54-36-19-30(62-7)17-18-32(36)40/h8-19,21,25,27-28,31,39,41,52H,1,20,22-24,26H2,2-7H3,(H,53,55)(H,56,58)(H,60,61)/t28-,31-,39+,41-,47+/m1/s1. The number of carbonyl (C=O) groups excluding carboxylic acids is 2. The van der Waals surface area contributed by atoms with E-state index in [-0.39, 0.29) is 31.0 Å². The molecule has 2 aliphatic rings. The predicted octanol–water partition coefficient (Wildman–Crippen LogP) is 9.10. The largest absolute Gasteiger partial charge is 0.497 e. The highest BCUT2D eigenvalue weighted by atomic mass is 32.1. The van der Waals surface area contributed by atoms with Gasteiger partial charge in [-0.15, -0.1) is 17.9 Å². The molecule has 7 rings (SSSR count). The van der Waals surface area contributed by atoms with Gasteiger partial charge in [0.2, 0.25) is 19.2 Å². The van der Waals surface area contributed by atoms with Gasteiger partial charge in [-0.25, -0.2) is 18.7 Å². The number of nitrogens with zero attached hydrogens (tertiary/aromatic N) is 3. The number of anilines is 1. The Bertz CT molecular complexity index is 2610. The Labute approximate surface area is 379 Å². The summed E-state index contributed by atoms with van der Waals surface area (Å²) in [5, 5.41) is 10.1. The van der Waals surface area contributed by atoms with Crippen molar-refractivity contribution in [1.82, 2.24) is 25.5 Å². The Kier molecular flexibility index (Phi) is 13.5. The quantitative estimate of drug-likeness (QED) is 0.0403. The van der Waals surface area contributed by atoms with Gasteiger partial charge in [-0.1, -0.05) is 63.2 Å². The average Bonchev–Trinajstić information content (AvgIpc) is 3.53. The van der Waals surface area contributed by atoms with Gasteiger partial charge in [0.15, 0.2) is 5.13 Å². The van der Waals surface area contributed by atoms with Crippen molar-refractivity contribution in [2.45, 2.75) is 89.1 Å². The fourth-order valence-corrected chi connectivity index (χ4v) is 11.5. The zero-order valence-electron chi connectivity index (χ0n) is 36.9. The van der Waals surface area contributed by atoms with Crippen LogP contribution in [0.25, 0.3) is 22.3 Å². The molecule has 5 aromatic rings. The Morgan fingerprint density at radius 1 is 1.05 bits per heavy atom. The van der Waals surface area contributed by atoms with Gasteiger partial charge in [0, 0.05) is 52.4 Å². The monoisotopic (exact) mass is 936 g/mol. The summed E-state index contributed by atoms with van der Waals surface area (Å²) in [7, 11) is -3.13. The molecule has 0 spiro atoms. The minimum atomic E-state index is -4.66. The number of benzene rings is 3. The molecule has 2 amide bonds. The number of likely N-dealkylation sites (tertiary alicyclic amines) is 1. The molecular weight excluding hydrogens is 884 g/mol. The van der Waals surface area contributed by atoms with E-state index in [1.807, 2.05) is 19.2 Å². The second-order valence-corrected chi connectivity index (χ2v) is 21.4. The highest BCUT2D eigenvalue weighted by Crippen LogP contribution is 2.71. The second kappa shape index (κ2) is 18.5. The zero-order chi connectivity index (χ0) is 47.1. The molecule has 4 N–H and O–H groups in total. The fraction of sp³-hybridized carbons (Fsp3) is 0.404. The van der Waals surface area contributed by atoms with Crippen molar-refractivity contribution in [3.8, 4) is 22.9 Å². The van der Waals surface area contributed by atoms with Crippen molar-refractivity contribution in [1.29, 1.82) is 0 Å². The minimum Gasteiger partial charge on any atom is -0.497 e. The number of aromatic nitrogens is 2. The Morgan fingerprint density at radius 2 is 1.75 bits per heavy atom. The van der Waals surface area contributed by atoms with E-state index in [4.69, 9.17) is 19.4 Å². The lowest BCUT2D eigenvalue weighted by Gasteiger charge is -2.37. The number of hydrogen-bond acceptors (Lipinski definition) is 10. The number of pyridine rings is 1. The van der Waals surface area contributed by atoms with Crippen molar-refractivity contribution in [3.63, 3.8) is 0 Å². The van der Waals surface area contributed by atoms with E-state index in [1.54, 1.807) is 51.1 Å². The first-order valence-electron chi connectivity index (χ1n) is 21.2. The first kappa shape index (κ1) is 47.6. The van der Waals surface area contributed by atoms with Crippen LogP contribution in [0.2, 0.25) is 0 Å². The SMILES string of the molecule is C=C[C@@H]1C[C@]1(NC(=O)[C@@H]1C[C@@H](Oc2cc(-c3csc(NC(C)C)n3)nc3cc(OC)ccc23)CN1C(=O)[C@@H](NCC(F)(F)c1ccccc1)C(C)(C)C)P(=O)(O)Cc1c(F)cccc1F. The number of halogens is 4. The van der Waals surface area contributed by atoms with Gasteiger partial charge >= 0.3 is 0 Å². The Morgan fingerprint density at radius 3 is 2.38 bits per heavy atom. The number of amides is 2. The molecule has 18 heteroatoms. The predicted molar refractivity (Wildman–Crippen MR) is 243 cm³/mol. The summed E-state index contributed by atoms with van der Waals surface area (Å²) in [6, 6.07) is 14.8. The number of methoxy groups -OCH3 is 1. The van der Waals surface area contributed by atoms with Crippen molar-refractivity contribution < 1.29 is 46.1 Å². The van der Waals surface area contributed by atoms with Gasteiger partial charge in [-0.3, -0.25) is 19.5 Å². The third kappa shape index (κ3) is 10.1. The molecule has 1 unspecified atom stereocenters. The molecule has 1 saturated carbocycles. The van der Waals surface area contributed by atoms with Crippen LogP contribution in [0.5, 0.6) is 11.5 Å². The van der Waals surface area contributed by atoms with Gasteiger partial charge < -0.3 is 29.9 Å². The van der Waals surface area contributed by atoms with Gasteiger partial charge in [0.1, 0.15) is 46.3 Å². The van der Waals surface area contributed by atoms with E-state index in [0.29, 0.717) is 38.9 Å². The summed E-state index contributed by atoms with van der Waals surface area (Å²) in [6.45, 7) is 11.8. The molecule has 3 heterocycles. The third-order valence-corrected chi connectivity index (χ3v) is 15.2. The summed E-state index contributed by atoms with van der Waals surface area (Å²) in [6.07, 6.45) is -0.600. The summed E-state index contributed by atoms with van der Waals surface area (Å²) < 4.78 is 87.4. The van der Waals surface area contributed by atoms with Crippen LogP contribution in [0.4, 0.5) is 22.7 Å². The highest BCUT2D eigenvalue weighted by molar-refractivity contribution is 7.59. The maximum Gasteiger partial charge on any atom is 0.285 e. The molecule has 2 aromatic heterocycles. The summed E-state index contributed by atoms with van der Waals surface area (Å²) in [5.41, 5.74) is -0.272. The lowest BCUT2D eigenvalue weighted by Crippen LogP contribution is -2.58. The number of fused-ring (bicyclic) bond motifs is 1. The smallest absolute Gasteiger partial charge is 0.285 e. The third-order valence-electron chi connectivity index (χ3n) is 11.8. The van der Waals surface area contributed by atoms with Crippen LogP contribution in [-0.4, -0.2) is 81.3 Å². The normalized spacial score (nSPS) is 21.2. The van der Waals surface area contributed by atoms with E-state index in [1.165, 1.54) is 53.7 Å². The number of alkyl halides is 2. The molecule has 12 nitrogen and oxygen atoms in total. The molecule has 1 aliphatic carbocycles. The van der Waals surface area contributed by atoms with Crippen LogP contribution in [0, 0.1) is 23.0 Å². The van der Waals surface area contributed by atoms with E-state index < -0.39 is 89.8 Å². The van der Waals surface area contributed by atoms with E-state index in [9.17, 15) is 27.8 Å². The molecule has 6 atom stereocenters. The fourth-order valence-electron chi connectivity index (χ4n) is 8.26. The molecular formula is C47H53F4N6O6PS. The van der Waals surface area contributed by atoms with Gasteiger partial charge in [-0.2, -0.15) is 8.78 Å². The van der Waals surface area contributed by atoms with Gasteiger partial charge in [0.05, 0.1) is 43.6 Å². The lowest BCUT2D eigenvalue weighted by atomic mass is 9.85. The molecule has 1 saturated heterocycles. The van der Waals surface area contributed by atoms with Crippen LogP contribution in [0.3, 0.4) is 0 Å². The van der Waals surface area contributed by atoms with Crippen molar-refractivity contribution in [3.05, 3.63) is 114 Å². The van der Waals surface area contributed by atoms with Crippen LogP contribution < -0.4 is 25.4 Å².